The molecule has 0 spiro atoms. The first kappa shape index (κ1) is 14.6. The van der Waals surface area contributed by atoms with Gasteiger partial charge in [-0.05, 0) is 25.1 Å². The van der Waals surface area contributed by atoms with Crippen molar-refractivity contribution in [2.45, 2.75) is 32.9 Å². The van der Waals surface area contributed by atoms with E-state index in [2.05, 4.69) is 30.1 Å². The molecule has 1 aromatic carbocycles. The third-order valence-electron chi connectivity index (χ3n) is 3.58. The van der Waals surface area contributed by atoms with Crippen LogP contribution in [0.1, 0.15) is 25.8 Å². The highest BCUT2D eigenvalue weighted by molar-refractivity contribution is 6.31. The maximum atomic E-state index is 6.36. The van der Waals surface area contributed by atoms with Crippen LogP contribution in [0.3, 0.4) is 0 Å². The van der Waals surface area contributed by atoms with Crippen molar-refractivity contribution >= 4 is 17.3 Å². The zero-order valence-electron chi connectivity index (χ0n) is 11.8. The molecule has 1 fully saturated rings. The van der Waals surface area contributed by atoms with Crippen LogP contribution < -0.4 is 10.2 Å². The molecule has 106 valence electrons. The highest BCUT2D eigenvalue weighted by Crippen LogP contribution is 2.29. The van der Waals surface area contributed by atoms with Gasteiger partial charge in [0.2, 0.25) is 0 Å². The second kappa shape index (κ2) is 7.13. The molecular weight excluding hydrogens is 260 g/mol. The maximum Gasteiger partial charge on any atom is 0.0748 e. The minimum atomic E-state index is 0.333. The maximum absolute atomic E-state index is 6.36. The van der Waals surface area contributed by atoms with Crippen LogP contribution in [0.2, 0.25) is 5.02 Å². The van der Waals surface area contributed by atoms with Gasteiger partial charge in [-0.2, -0.15) is 0 Å². The average Bonchev–Trinajstić information content (AvgIpc) is 2.46. The molecule has 0 saturated carbocycles. The third-order valence-corrected chi connectivity index (χ3v) is 3.93. The summed E-state index contributed by atoms with van der Waals surface area (Å²) in [6.45, 7) is 8.74. The summed E-state index contributed by atoms with van der Waals surface area (Å²) in [5.74, 6) is 0. The number of ether oxygens (including phenoxy) is 1. The molecule has 1 aromatic rings. The topological polar surface area (TPSA) is 24.5 Å². The first-order chi connectivity index (χ1) is 9.26. The van der Waals surface area contributed by atoms with E-state index in [0.717, 1.165) is 44.2 Å². The van der Waals surface area contributed by atoms with Crippen LogP contribution in [0, 0.1) is 0 Å². The lowest BCUT2D eigenvalue weighted by Crippen LogP contribution is -2.42. The Bertz CT molecular complexity index is 411. The minimum absolute atomic E-state index is 0.333. The predicted molar refractivity (Wildman–Crippen MR) is 81.1 cm³/mol. The summed E-state index contributed by atoms with van der Waals surface area (Å²) >= 11 is 6.36. The summed E-state index contributed by atoms with van der Waals surface area (Å²) in [4.78, 5) is 2.40. The Balaban J connectivity index is 2.20. The summed E-state index contributed by atoms with van der Waals surface area (Å²) in [5, 5.41) is 4.21. The van der Waals surface area contributed by atoms with E-state index in [-0.39, 0.29) is 0 Å². The van der Waals surface area contributed by atoms with Crippen LogP contribution in [0.25, 0.3) is 0 Å². The molecule has 0 aromatic heterocycles. The molecule has 1 saturated heterocycles. The van der Waals surface area contributed by atoms with Crippen molar-refractivity contribution < 1.29 is 4.74 Å². The van der Waals surface area contributed by atoms with Crippen LogP contribution in [-0.4, -0.2) is 32.3 Å². The molecule has 0 bridgehead atoms. The van der Waals surface area contributed by atoms with Gasteiger partial charge in [0.25, 0.3) is 0 Å². The van der Waals surface area contributed by atoms with Crippen molar-refractivity contribution in [2.75, 3.05) is 31.1 Å². The normalized spacial score (nSPS) is 19.7. The van der Waals surface area contributed by atoms with Gasteiger partial charge in [0, 0.05) is 35.9 Å². The largest absolute Gasteiger partial charge is 0.375 e. The Labute approximate surface area is 120 Å². The van der Waals surface area contributed by atoms with Crippen molar-refractivity contribution in [1.82, 2.24) is 5.32 Å². The van der Waals surface area contributed by atoms with Crippen molar-refractivity contribution in [1.29, 1.82) is 0 Å². The quantitative estimate of drug-likeness (QED) is 0.898. The third kappa shape index (κ3) is 3.62. The van der Waals surface area contributed by atoms with Gasteiger partial charge in [0.15, 0.2) is 0 Å². The van der Waals surface area contributed by atoms with Crippen molar-refractivity contribution in [3.63, 3.8) is 0 Å². The van der Waals surface area contributed by atoms with E-state index >= 15 is 0 Å². The van der Waals surface area contributed by atoms with Gasteiger partial charge in [-0.25, -0.2) is 0 Å². The highest BCUT2D eigenvalue weighted by Gasteiger charge is 2.21. The Morgan fingerprint density at radius 1 is 1.42 bits per heavy atom. The molecule has 0 amide bonds. The zero-order chi connectivity index (χ0) is 13.7. The number of hydrogen-bond acceptors (Lipinski definition) is 3. The van der Waals surface area contributed by atoms with Crippen molar-refractivity contribution in [2.24, 2.45) is 0 Å². The molecule has 19 heavy (non-hydrogen) atoms. The van der Waals surface area contributed by atoms with E-state index in [9.17, 15) is 0 Å². The van der Waals surface area contributed by atoms with Crippen molar-refractivity contribution in [3.05, 3.63) is 28.8 Å². The lowest BCUT2D eigenvalue weighted by Gasteiger charge is -2.35. The van der Waals surface area contributed by atoms with Crippen LogP contribution in [-0.2, 0) is 11.3 Å². The minimum Gasteiger partial charge on any atom is -0.375 e. The van der Waals surface area contributed by atoms with Gasteiger partial charge in [-0.15, -0.1) is 0 Å². The number of morpholine rings is 1. The van der Waals surface area contributed by atoms with E-state index < -0.39 is 0 Å². The van der Waals surface area contributed by atoms with E-state index in [0.29, 0.717) is 6.10 Å². The van der Waals surface area contributed by atoms with E-state index in [4.69, 9.17) is 16.3 Å². The lowest BCUT2D eigenvalue weighted by molar-refractivity contribution is 0.0384. The molecule has 0 aliphatic carbocycles. The molecular formula is C15H23ClN2O. The van der Waals surface area contributed by atoms with Gasteiger partial charge in [0.05, 0.1) is 12.7 Å². The second-order valence-corrected chi connectivity index (χ2v) is 5.27. The lowest BCUT2D eigenvalue weighted by atomic mass is 10.1. The number of halogens is 1. The Morgan fingerprint density at radius 3 is 3.00 bits per heavy atom. The molecule has 4 heteroatoms. The zero-order valence-corrected chi connectivity index (χ0v) is 12.5. The number of rotatable bonds is 5. The van der Waals surface area contributed by atoms with Gasteiger partial charge >= 0.3 is 0 Å². The van der Waals surface area contributed by atoms with Crippen LogP contribution in [0.5, 0.6) is 0 Å². The number of anilines is 1. The number of hydrogen-bond donors (Lipinski definition) is 1. The van der Waals surface area contributed by atoms with Gasteiger partial charge in [0.1, 0.15) is 0 Å². The summed E-state index contributed by atoms with van der Waals surface area (Å²) in [7, 11) is 0. The summed E-state index contributed by atoms with van der Waals surface area (Å²) in [6, 6.07) is 6.16. The number of nitrogens with one attached hydrogen (secondary N) is 1. The molecule has 1 aliphatic rings. The summed E-state index contributed by atoms with van der Waals surface area (Å²) in [6.07, 6.45) is 1.39. The SMILES string of the molecule is CCNCc1c(Cl)cccc1N1CCOC(CC)C1. The van der Waals surface area contributed by atoms with Crippen LogP contribution >= 0.6 is 11.6 Å². The fraction of sp³-hybridized carbons (Fsp3) is 0.600. The molecule has 1 N–H and O–H groups in total. The predicted octanol–water partition coefficient (Wildman–Crippen LogP) is 3.06. The fourth-order valence-electron chi connectivity index (χ4n) is 2.45. The van der Waals surface area contributed by atoms with E-state index in [1.807, 2.05) is 12.1 Å². The number of benzene rings is 1. The van der Waals surface area contributed by atoms with Gasteiger partial charge in [-0.1, -0.05) is 31.5 Å². The van der Waals surface area contributed by atoms with Gasteiger partial charge < -0.3 is 15.0 Å². The van der Waals surface area contributed by atoms with E-state index in [1.54, 1.807) is 0 Å². The van der Waals surface area contributed by atoms with Crippen LogP contribution in [0.4, 0.5) is 5.69 Å². The first-order valence-electron chi connectivity index (χ1n) is 7.10. The standard InChI is InChI=1S/C15H23ClN2O/c1-3-12-11-18(8-9-19-12)15-7-5-6-14(16)13(15)10-17-4-2/h5-7,12,17H,3-4,8-11H2,1-2H3. The molecule has 2 rings (SSSR count). The van der Waals surface area contributed by atoms with Gasteiger partial charge in [-0.3, -0.25) is 0 Å². The average molecular weight is 283 g/mol. The molecule has 3 nitrogen and oxygen atoms in total. The fourth-order valence-corrected chi connectivity index (χ4v) is 2.69. The highest BCUT2D eigenvalue weighted by atomic mass is 35.5. The Kier molecular flexibility index (Phi) is 5.49. The molecule has 1 atom stereocenters. The smallest absolute Gasteiger partial charge is 0.0748 e. The van der Waals surface area contributed by atoms with Crippen LogP contribution in [0.15, 0.2) is 18.2 Å². The summed E-state index contributed by atoms with van der Waals surface area (Å²) < 4.78 is 5.74. The second-order valence-electron chi connectivity index (χ2n) is 4.86. The molecule has 0 radical (unpaired) electrons. The number of nitrogens with zero attached hydrogens (tertiary/aromatic N) is 1. The Morgan fingerprint density at radius 2 is 2.26 bits per heavy atom. The first-order valence-corrected chi connectivity index (χ1v) is 7.48. The molecule has 1 aliphatic heterocycles. The monoisotopic (exact) mass is 282 g/mol. The van der Waals surface area contributed by atoms with E-state index in [1.165, 1.54) is 11.3 Å². The Hall–Kier alpha value is -0.770. The summed E-state index contributed by atoms with van der Waals surface area (Å²) in [5.41, 5.74) is 2.44. The van der Waals surface area contributed by atoms with Crippen molar-refractivity contribution in [3.8, 4) is 0 Å². The molecule has 1 unspecified atom stereocenters. The molecule has 1 heterocycles.